The number of likely N-dealkylation sites (tertiary alicyclic amines) is 1. The van der Waals surface area contributed by atoms with Gasteiger partial charge in [0.1, 0.15) is 12.3 Å². The summed E-state index contributed by atoms with van der Waals surface area (Å²) in [7, 11) is 0. The molecule has 0 saturated carbocycles. The fourth-order valence-corrected chi connectivity index (χ4v) is 6.73. The Balaban J connectivity index is 1.52. The van der Waals surface area contributed by atoms with Crippen LogP contribution in [0.2, 0.25) is 0 Å². The molecule has 1 aromatic heterocycles. The van der Waals surface area contributed by atoms with Crippen LogP contribution in [0, 0.1) is 11.8 Å². The Morgan fingerprint density at radius 3 is 2.82 bits per heavy atom. The third-order valence-electron chi connectivity index (χ3n) is 6.70. The number of carboxylic acids is 1. The Labute approximate surface area is 201 Å². The maximum Gasteiger partial charge on any atom is 0.410 e. The summed E-state index contributed by atoms with van der Waals surface area (Å²) < 4.78 is 6.98. The molecule has 34 heavy (non-hydrogen) atoms. The predicted octanol–water partition coefficient (Wildman–Crippen LogP) is 1.32. The van der Waals surface area contributed by atoms with Crippen molar-refractivity contribution in [2.24, 2.45) is 11.8 Å². The van der Waals surface area contributed by atoms with Crippen molar-refractivity contribution in [3.05, 3.63) is 35.7 Å². The van der Waals surface area contributed by atoms with Crippen molar-refractivity contribution < 1.29 is 29.3 Å². The van der Waals surface area contributed by atoms with Gasteiger partial charge in [-0.1, -0.05) is 24.8 Å². The summed E-state index contributed by atoms with van der Waals surface area (Å²) in [5.74, 6) is -2.33. The van der Waals surface area contributed by atoms with E-state index in [0.29, 0.717) is 30.8 Å². The number of aromatic nitrogens is 3. The van der Waals surface area contributed by atoms with E-state index in [1.807, 2.05) is 6.92 Å². The van der Waals surface area contributed by atoms with Crippen molar-refractivity contribution in [1.29, 1.82) is 0 Å². The van der Waals surface area contributed by atoms with Crippen LogP contribution in [0.15, 0.2) is 35.7 Å². The first-order chi connectivity index (χ1) is 16.2. The number of fused-ring (bicyclic) bond motifs is 1. The minimum atomic E-state index is -1.16. The summed E-state index contributed by atoms with van der Waals surface area (Å²) in [4.78, 5) is 41.0. The van der Waals surface area contributed by atoms with Crippen LogP contribution in [0.25, 0.3) is 0 Å². The van der Waals surface area contributed by atoms with Crippen LogP contribution in [-0.4, -0.2) is 89.6 Å². The first-order valence-corrected chi connectivity index (χ1v) is 12.2. The molecule has 0 aromatic carbocycles. The van der Waals surface area contributed by atoms with E-state index in [-0.39, 0.29) is 41.5 Å². The Morgan fingerprint density at radius 1 is 1.44 bits per heavy atom. The van der Waals surface area contributed by atoms with Gasteiger partial charge in [-0.05, 0) is 19.8 Å². The fraction of sp³-hybridized carbons (Fsp3) is 0.591. The normalized spacial score (nSPS) is 29.1. The van der Waals surface area contributed by atoms with Gasteiger partial charge in [-0.3, -0.25) is 9.48 Å². The van der Waals surface area contributed by atoms with Gasteiger partial charge in [0.05, 0.1) is 24.3 Å². The zero-order valence-electron chi connectivity index (χ0n) is 19.1. The van der Waals surface area contributed by atoms with Gasteiger partial charge in [0.2, 0.25) is 5.91 Å². The Kier molecular flexibility index (Phi) is 6.99. The smallest absolute Gasteiger partial charge is 0.410 e. The monoisotopic (exact) mass is 491 g/mol. The lowest BCUT2D eigenvalue weighted by Gasteiger charge is -2.46. The lowest BCUT2D eigenvalue weighted by atomic mass is 9.79. The maximum atomic E-state index is 12.7. The molecule has 11 nitrogen and oxygen atoms in total. The van der Waals surface area contributed by atoms with E-state index < -0.39 is 24.1 Å². The van der Waals surface area contributed by atoms with Crippen molar-refractivity contribution in [1.82, 2.24) is 24.8 Å². The SMILES string of the molecule is C=CCOC(=O)N1C[C@@H](SC2=C(C(=O)O)N3C(=O)[C@H]([C@@H](C)O)[C@H]3[C@H]2C)C[C@H]1CCn1ccnn1. The number of carboxylic acid groups (broad SMARTS) is 1. The number of aliphatic carboxylic acids is 1. The molecule has 3 aliphatic rings. The minimum absolute atomic E-state index is 0.00347. The van der Waals surface area contributed by atoms with E-state index in [9.17, 15) is 24.6 Å². The molecule has 0 aliphatic carbocycles. The number of nitrogens with zero attached hydrogens (tertiary/aromatic N) is 5. The number of amides is 2. The number of ether oxygens (including phenoxy) is 1. The quantitative estimate of drug-likeness (QED) is 0.387. The number of thioether (sulfide) groups is 1. The van der Waals surface area contributed by atoms with Crippen LogP contribution in [0.5, 0.6) is 0 Å². The van der Waals surface area contributed by atoms with E-state index in [0.717, 1.165) is 0 Å². The summed E-state index contributed by atoms with van der Waals surface area (Å²) in [6.45, 7) is 8.11. The van der Waals surface area contributed by atoms with Gasteiger partial charge in [-0.15, -0.1) is 16.9 Å². The van der Waals surface area contributed by atoms with E-state index in [4.69, 9.17) is 4.74 Å². The molecule has 12 heteroatoms. The van der Waals surface area contributed by atoms with Crippen LogP contribution in [0.3, 0.4) is 0 Å². The molecule has 4 heterocycles. The number of carbonyl (C=O) groups excluding carboxylic acids is 2. The second-order valence-electron chi connectivity index (χ2n) is 8.87. The molecule has 3 aliphatic heterocycles. The average Bonchev–Trinajstić information content (AvgIpc) is 3.49. The molecule has 2 saturated heterocycles. The summed E-state index contributed by atoms with van der Waals surface area (Å²) in [6, 6.07) is -0.479. The minimum Gasteiger partial charge on any atom is -0.477 e. The number of hydrogen-bond donors (Lipinski definition) is 2. The standard InChI is InChI=1S/C22H29N5O6S/c1-4-9-33-22(32)26-11-15(10-14(26)5-7-25-8-6-23-24-25)34-19-12(2)17-16(13(3)28)20(29)27(17)18(19)21(30)31/h4,6,8,12-17,28H,1,5,7,9-11H2,2-3H3,(H,30,31)/t12-,13-,14-,15+,16-,17-/m1/s1. The van der Waals surface area contributed by atoms with Crippen LogP contribution in [-0.2, 0) is 20.9 Å². The molecule has 0 bridgehead atoms. The number of aryl methyl sites for hydroxylation is 1. The third-order valence-corrected chi connectivity index (χ3v) is 8.20. The first kappa shape index (κ1) is 24.3. The molecular formula is C22H29N5O6S. The number of hydrogen-bond acceptors (Lipinski definition) is 8. The number of rotatable bonds is 9. The van der Waals surface area contributed by atoms with Crippen molar-refractivity contribution in [2.75, 3.05) is 13.2 Å². The molecule has 0 unspecified atom stereocenters. The fourth-order valence-electron chi connectivity index (χ4n) is 5.16. The zero-order valence-corrected chi connectivity index (χ0v) is 19.9. The highest BCUT2D eigenvalue weighted by Crippen LogP contribution is 2.52. The number of aliphatic hydroxyl groups excluding tert-OH is 1. The highest BCUT2D eigenvalue weighted by Gasteiger charge is 2.60. The first-order valence-electron chi connectivity index (χ1n) is 11.3. The van der Waals surface area contributed by atoms with Crippen molar-refractivity contribution in [3.63, 3.8) is 0 Å². The van der Waals surface area contributed by atoms with Gasteiger partial charge in [0, 0.05) is 41.4 Å². The number of aliphatic hydroxyl groups is 1. The summed E-state index contributed by atoms with van der Waals surface area (Å²) >= 11 is 1.41. The molecule has 2 N–H and O–H groups in total. The van der Waals surface area contributed by atoms with E-state index >= 15 is 0 Å². The average molecular weight is 492 g/mol. The van der Waals surface area contributed by atoms with Crippen molar-refractivity contribution in [3.8, 4) is 0 Å². The Bertz CT molecular complexity index is 996. The van der Waals surface area contributed by atoms with Gasteiger partial charge in [0.15, 0.2) is 0 Å². The molecule has 184 valence electrons. The molecule has 6 atom stereocenters. The Hall–Kier alpha value is -2.86. The van der Waals surface area contributed by atoms with E-state index in [2.05, 4.69) is 16.9 Å². The molecular weight excluding hydrogens is 462 g/mol. The largest absolute Gasteiger partial charge is 0.477 e. The van der Waals surface area contributed by atoms with Crippen molar-refractivity contribution in [2.45, 2.75) is 56.7 Å². The lowest BCUT2D eigenvalue weighted by Crippen LogP contribution is -2.63. The van der Waals surface area contributed by atoms with Crippen LogP contribution >= 0.6 is 11.8 Å². The lowest BCUT2D eigenvalue weighted by molar-refractivity contribution is -0.163. The molecule has 1 aromatic rings. The maximum absolute atomic E-state index is 12.7. The second-order valence-corrected chi connectivity index (χ2v) is 10.2. The predicted molar refractivity (Wildman–Crippen MR) is 122 cm³/mol. The van der Waals surface area contributed by atoms with E-state index in [1.165, 1.54) is 22.7 Å². The second kappa shape index (κ2) is 9.79. The number of carbonyl (C=O) groups is 3. The summed E-state index contributed by atoms with van der Waals surface area (Å²) in [5, 5.41) is 27.6. The van der Waals surface area contributed by atoms with Gasteiger partial charge >= 0.3 is 12.1 Å². The molecule has 2 amide bonds. The third kappa shape index (κ3) is 4.31. The van der Waals surface area contributed by atoms with Gasteiger partial charge < -0.3 is 24.7 Å². The molecule has 0 spiro atoms. The molecule has 2 fully saturated rings. The topological polar surface area (TPSA) is 138 Å². The van der Waals surface area contributed by atoms with Gasteiger partial charge in [-0.25, -0.2) is 9.59 Å². The summed E-state index contributed by atoms with van der Waals surface area (Å²) in [6.07, 6.45) is 4.85. The Morgan fingerprint density at radius 2 is 2.21 bits per heavy atom. The zero-order chi connectivity index (χ0) is 24.6. The van der Waals surface area contributed by atoms with Crippen LogP contribution in [0.1, 0.15) is 26.7 Å². The van der Waals surface area contributed by atoms with Gasteiger partial charge in [-0.2, -0.15) is 0 Å². The molecule has 4 rings (SSSR count). The van der Waals surface area contributed by atoms with E-state index in [1.54, 1.807) is 28.9 Å². The van der Waals surface area contributed by atoms with Crippen LogP contribution in [0.4, 0.5) is 4.79 Å². The van der Waals surface area contributed by atoms with Crippen LogP contribution < -0.4 is 0 Å². The summed E-state index contributed by atoms with van der Waals surface area (Å²) in [5.41, 5.74) is -0.00347. The van der Waals surface area contributed by atoms with Gasteiger partial charge in [0.25, 0.3) is 0 Å². The highest BCUT2D eigenvalue weighted by atomic mass is 32.2. The molecule has 0 radical (unpaired) electrons. The van der Waals surface area contributed by atoms with Crippen molar-refractivity contribution >= 4 is 29.7 Å². The number of β-lactam (4-membered cyclic amide) rings is 1. The highest BCUT2D eigenvalue weighted by molar-refractivity contribution is 8.03.